The number of rotatable bonds is 4. The minimum absolute atomic E-state index is 0.256. The van der Waals surface area contributed by atoms with Crippen LogP contribution in [0.3, 0.4) is 0 Å². The van der Waals surface area contributed by atoms with E-state index in [1.807, 2.05) is 12.1 Å². The molecule has 1 aromatic rings. The van der Waals surface area contributed by atoms with E-state index in [-0.39, 0.29) is 5.75 Å². The van der Waals surface area contributed by atoms with Gasteiger partial charge in [0.05, 0.1) is 0 Å². The maximum absolute atomic E-state index is 12.0. The zero-order valence-corrected chi connectivity index (χ0v) is 11.2. The molecular weight excluding hydrogens is 275 g/mol. The smallest absolute Gasteiger partial charge is 0.422 e. The largest absolute Gasteiger partial charge is 0.484 e. The van der Waals surface area contributed by atoms with E-state index in [1.54, 1.807) is 23.9 Å². The topological polar surface area (TPSA) is 21.3 Å². The first-order valence-electron chi connectivity index (χ1n) is 6.20. The molecule has 0 saturated carbocycles. The summed E-state index contributed by atoms with van der Waals surface area (Å²) in [6.07, 6.45) is -2.05. The van der Waals surface area contributed by atoms with E-state index in [4.69, 9.17) is 0 Å². The quantitative estimate of drug-likeness (QED) is 0.918. The van der Waals surface area contributed by atoms with E-state index < -0.39 is 12.8 Å². The lowest BCUT2D eigenvalue weighted by molar-refractivity contribution is -0.153. The third-order valence-corrected chi connectivity index (χ3v) is 4.16. The maximum atomic E-state index is 12.0. The van der Waals surface area contributed by atoms with Crippen molar-refractivity contribution < 1.29 is 17.9 Å². The van der Waals surface area contributed by atoms with Gasteiger partial charge in [0.15, 0.2) is 6.61 Å². The number of benzene rings is 1. The van der Waals surface area contributed by atoms with Gasteiger partial charge < -0.3 is 10.1 Å². The number of alkyl halides is 3. The molecule has 2 rings (SSSR count). The van der Waals surface area contributed by atoms with E-state index in [0.717, 1.165) is 30.8 Å². The lowest BCUT2D eigenvalue weighted by Crippen LogP contribution is -2.29. The molecule has 2 nitrogen and oxygen atoms in total. The first-order chi connectivity index (χ1) is 9.03. The lowest BCUT2D eigenvalue weighted by atomic mass is 10.2. The molecule has 0 amide bonds. The van der Waals surface area contributed by atoms with Crippen molar-refractivity contribution in [1.82, 2.24) is 5.32 Å². The molecule has 1 N–H and O–H groups in total. The van der Waals surface area contributed by atoms with Gasteiger partial charge >= 0.3 is 6.18 Å². The van der Waals surface area contributed by atoms with Crippen LogP contribution in [0.5, 0.6) is 5.75 Å². The lowest BCUT2D eigenvalue weighted by Gasteiger charge is -2.22. The number of halogens is 3. The van der Waals surface area contributed by atoms with Crippen LogP contribution in [0, 0.1) is 0 Å². The summed E-state index contributed by atoms with van der Waals surface area (Å²) in [7, 11) is 0. The second-order valence-electron chi connectivity index (χ2n) is 4.44. The van der Waals surface area contributed by atoms with Gasteiger partial charge in [-0.3, -0.25) is 0 Å². The van der Waals surface area contributed by atoms with Crippen LogP contribution in [-0.2, 0) is 0 Å². The summed E-state index contributed by atoms with van der Waals surface area (Å²) in [6, 6.07) is 6.82. The summed E-state index contributed by atoms with van der Waals surface area (Å²) in [6.45, 7) is 0.822. The second kappa shape index (κ2) is 6.52. The standard InChI is InChI=1S/C13H16F3NOS/c14-13(15,16)9-18-10-1-3-11(4-2-10)19-12-5-7-17-8-6-12/h1-4,12,17H,5-9H2. The number of thioether (sulfide) groups is 1. The normalized spacial score (nSPS) is 17.4. The highest BCUT2D eigenvalue weighted by Crippen LogP contribution is 2.30. The van der Waals surface area contributed by atoms with Crippen molar-refractivity contribution in [2.24, 2.45) is 0 Å². The number of hydrogen-bond acceptors (Lipinski definition) is 3. The monoisotopic (exact) mass is 291 g/mol. The first-order valence-corrected chi connectivity index (χ1v) is 7.08. The maximum Gasteiger partial charge on any atom is 0.422 e. The van der Waals surface area contributed by atoms with Crippen molar-refractivity contribution in [3.8, 4) is 5.75 Å². The molecule has 1 aromatic carbocycles. The van der Waals surface area contributed by atoms with E-state index >= 15 is 0 Å². The Morgan fingerprint density at radius 2 is 1.79 bits per heavy atom. The predicted octanol–water partition coefficient (Wildman–Crippen LogP) is 3.47. The van der Waals surface area contributed by atoms with Crippen molar-refractivity contribution in [2.75, 3.05) is 19.7 Å². The fraction of sp³-hybridized carbons (Fsp3) is 0.538. The molecule has 1 aliphatic heterocycles. The molecular formula is C13H16F3NOS. The Morgan fingerprint density at radius 3 is 2.37 bits per heavy atom. The molecule has 0 unspecified atom stereocenters. The average molecular weight is 291 g/mol. The van der Waals surface area contributed by atoms with Gasteiger partial charge in [-0.05, 0) is 50.2 Å². The molecule has 106 valence electrons. The average Bonchev–Trinajstić information content (AvgIpc) is 2.38. The predicted molar refractivity (Wildman–Crippen MR) is 69.7 cm³/mol. The number of piperidine rings is 1. The SMILES string of the molecule is FC(F)(F)COc1ccc(SC2CCNCC2)cc1. The fourth-order valence-corrected chi connectivity index (χ4v) is 3.03. The van der Waals surface area contributed by atoms with E-state index in [2.05, 4.69) is 10.1 Å². The number of nitrogens with one attached hydrogen (secondary N) is 1. The zero-order valence-electron chi connectivity index (χ0n) is 10.4. The Kier molecular flexibility index (Phi) is 4.99. The van der Waals surface area contributed by atoms with Gasteiger partial charge in [-0.2, -0.15) is 13.2 Å². The van der Waals surface area contributed by atoms with Crippen LogP contribution in [-0.4, -0.2) is 31.1 Å². The van der Waals surface area contributed by atoms with Crippen molar-refractivity contribution >= 4 is 11.8 Å². The van der Waals surface area contributed by atoms with Crippen LogP contribution in [0.4, 0.5) is 13.2 Å². The third kappa shape index (κ3) is 5.32. The van der Waals surface area contributed by atoms with Gasteiger partial charge in [-0.1, -0.05) is 0 Å². The molecule has 0 bridgehead atoms. The van der Waals surface area contributed by atoms with Crippen molar-refractivity contribution in [1.29, 1.82) is 0 Å². The Hall–Kier alpha value is -0.880. The molecule has 1 aliphatic rings. The molecule has 0 spiro atoms. The van der Waals surface area contributed by atoms with Gasteiger partial charge in [-0.25, -0.2) is 0 Å². The van der Waals surface area contributed by atoms with Gasteiger partial charge in [0.25, 0.3) is 0 Å². The molecule has 0 radical (unpaired) electrons. The fourth-order valence-electron chi connectivity index (χ4n) is 1.89. The Bertz CT molecular complexity index is 388. The molecule has 0 aliphatic carbocycles. The van der Waals surface area contributed by atoms with Gasteiger partial charge in [0, 0.05) is 10.1 Å². The van der Waals surface area contributed by atoms with Gasteiger partial charge in [0.2, 0.25) is 0 Å². The van der Waals surface area contributed by atoms with Crippen molar-refractivity contribution in [3.63, 3.8) is 0 Å². The van der Waals surface area contributed by atoms with E-state index in [9.17, 15) is 13.2 Å². The van der Waals surface area contributed by atoms with Crippen LogP contribution in [0.1, 0.15) is 12.8 Å². The number of hydrogen-bond donors (Lipinski definition) is 1. The second-order valence-corrected chi connectivity index (χ2v) is 5.82. The van der Waals surface area contributed by atoms with Crippen LogP contribution in [0.15, 0.2) is 29.2 Å². The van der Waals surface area contributed by atoms with Crippen LogP contribution >= 0.6 is 11.8 Å². The zero-order chi connectivity index (χ0) is 13.7. The highest BCUT2D eigenvalue weighted by molar-refractivity contribution is 8.00. The Labute approximate surface area is 114 Å². The van der Waals surface area contributed by atoms with E-state index in [0.29, 0.717) is 5.25 Å². The summed E-state index contributed by atoms with van der Waals surface area (Å²) in [5, 5.41) is 3.89. The van der Waals surface area contributed by atoms with Crippen LogP contribution in [0.2, 0.25) is 0 Å². The van der Waals surface area contributed by atoms with Crippen LogP contribution in [0.25, 0.3) is 0 Å². The number of ether oxygens (including phenoxy) is 1. The van der Waals surface area contributed by atoms with E-state index in [1.165, 1.54) is 0 Å². The molecule has 0 aromatic heterocycles. The molecule has 19 heavy (non-hydrogen) atoms. The highest BCUT2D eigenvalue weighted by Gasteiger charge is 2.28. The highest BCUT2D eigenvalue weighted by atomic mass is 32.2. The summed E-state index contributed by atoms with van der Waals surface area (Å²) >= 11 is 1.78. The van der Waals surface area contributed by atoms with Gasteiger partial charge in [-0.15, -0.1) is 11.8 Å². The molecule has 1 heterocycles. The van der Waals surface area contributed by atoms with Crippen molar-refractivity contribution in [2.45, 2.75) is 29.2 Å². The minimum atomic E-state index is -4.29. The van der Waals surface area contributed by atoms with Crippen molar-refractivity contribution in [3.05, 3.63) is 24.3 Å². The molecule has 6 heteroatoms. The molecule has 1 saturated heterocycles. The Morgan fingerprint density at radius 1 is 1.16 bits per heavy atom. The molecule has 1 fully saturated rings. The van der Waals surface area contributed by atoms with Crippen LogP contribution < -0.4 is 10.1 Å². The summed E-state index contributed by atoms with van der Waals surface area (Å²) in [5.41, 5.74) is 0. The third-order valence-electron chi connectivity index (χ3n) is 2.82. The minimum Gasteiger partial charge on any atom is -0.484 e. The summed E-state index contributed by atoms with van der Waals surface area (Å²) in [4.78, 5) is 1.08. The van der Waals surface area contributed by atoms with Gasteiger partial charge in [0.1, 0.15) is 5.75 Å². The Balaban J connectivity index is 1.83. The summed E-state index contributed by atoms with van der Waals surface area (Å²) in [5.74, 6) is 0.256. The summed E-state index contributed by atoms with van der Waals surface area (Å²) < 4.78 is 40.7. The molecule has 0 atom stereocenters. The first kappa shape index (κ1) is 14.5.